The van der Waals surface area contributed by atoms with Crippen LogP contribution in [0.5, 0.6) is 0 Å². The lowest BCUT2D eigenvalue weighted by Crippen LogP contribution is -2.25. The van der Waals surface area contributed by atoms with Crippen molar-refractivity contribution in [3.05, 3.63) is 34.3 Å². The fraction of sp³-hybridized carbons (Fsp3) is 0.300. The van der Waals surface area contributed by atoms with Gasteiger partial charge in [-0.25, -0.2) is 0 Å². The molecule has 1 unspecified atom stereocenters. The molecule has 0 radical (unpaired) electrons. The lowest BCUT2D eigenvalue weighted by Gasteiger charge is -2.12. The van der Waals surface area contributed by atoms with Gasteiger partial charge in [-0.05, 0) is 24.6 Å². The van der Waals surface area contributed by atoms with E-state index >= 15 is 0 Å². The van der Waals surface area contributed by atoms with Crippen molar-refractivity contribution in [2.75, 3.05) is 6.54 Å². The molecular formula is C10H12BrNO2. The van der Waals surface area contributed by atoms with Gasteiger partial charge in [0.25, 0.3) is 0 Å². The van der Waals surface area contributed by atoms with Crippen LogP contribution in [0, 0.1) is 0 Å². The van der Waals surface area contributed by atoms with E-state index in [0.717, 1.165) is 10.0 Å². The lowest BCUT2D eigenvalue weighted by atomic mass is 10.1. The van der Waals surface area contributed by atoms with Crippen LogP contribution in [0.2, 0.25) is 0 Å². The van der Waals surface area contributed by atoms with Gasteiger partial charge in [0.05, 0.1) is 6.54 Å². The molecule has 1 rings (SSSR count). The minimum atomic E-state index is -0.841. The highest BCUT2D eigenvalue weighted by molar-refractivity contribution is 9.10. The summed E-state index contributed by atoms with van der Waals surface area (Å²) >= 11 is 3.37. The molecule has 0 amide bonds. The van der Waals surface area contributed by atoms with E-state index in [1.54, 1.807) is 0 Å². The number of carboxylic acid groups (broad SMARTS) is 1. The van der Waals surface area contributed by atoms with Gasteiger partial charge in [0, 0.05) is 10.5 Å². The Morgan fingerprint density at radius 2 is 2.36 bits per heavy atom. The maximum absolute atomic E-state index is 10.3. The molecule has 0 saturated carbocycles. The Balaban J connectivity index is 2.60. The normalized spacial score (nSPS) is 12.4. The van der Waals surface area contributed by atoms with Crippen molar-refractivity contribution in [2.24, 2.45) is 0 Å². The number of aliphatic carboxylic acids is 1. The van der Waals surface area contributed by atoms with Gasteiger partial charge in [-0.3, -0.25) is 4.79 Å². The van der Waals surface area contributed by atoms with Crippen molar-refractivity contribution in [1.82, 2.24) is 5.32 Å². The maximum Gasteiger partial charge on any atom is 0.317 e. The predicted molar refractivity (Wildman–Crippen MR) is 58.2 cm³/mol. The average Bonchev–Trinajstić information content (AvgIpc) is 2.14. The SMILES string of the molecule is CC(NCC(=O)O)c1cccc(Br)c1. The molecule has 0 saturated heterocycles. The second kappa shape index (κ2) is 5.12. The van der Waals surface area contributed by atoms with E-state index in [9.17, 15) is 4.79 Å². The molecule has 0 aromatic heterocycles. The standard InChI is InChI=1S/C10H12BrNO2/c1-7(12-6-10(13)14)8-3-2-4-9(11)5-8/h2-5,7,12H,6H2,1H3,(H,13,14). The molecule has 76 valence electrons. The highest BCUT2D eigenvalue weighted by atomic mass is 79.9. The summed E-state index contributed by atoms with van der Waals surface area (Å²) in [5, 5.41) is 11.4. The molecule has 0 spiro atoms. The molecule has 0 bridgehead atoms. The van der Waals surface area contributed by atoms with Crippen LogP contribution >= 0.6 is 15.9 Å². The Labute approximate surface area is 91.3 Å². The van der Waals surface area contributed by atoms with Crippen LogP contribution in [0.1, 0.15) is 18.5 Å². The Kier molecular flexibility index (Phi) is 4.10. The van der Waals surface area contributed by atoms with Crippen molar-refractivity contribution in [1.29, 1.82) is 0 Å². The van der Waals surface area contributed by atoms with Crippen molar-refractivity contribution in [3.8, 4) is 0 Å². The average molecular weight is 258 g/mol. The molecule has 1 atom stereocenters. The molecule has 4 heteroatoms. The largest absolute Gasteiger partial charge is 0.480 e. The van der Waals surface area contributed by atoms with Crippen LogP contribution in [0.25, 0.3) is 0 Å². The van der Waals surface area contributed by atoms with E-state index in [4.69, 9.17) is 5.11 Å². The molecule has 14 heavy (non-hydrogen) atoms. The molecule has 0 aliphatic heterocycles. The van der Waals surface area contributed by atoms with E-state index in [2.05, 4.69) is 21.2 Å². The topological polar surface area (TPSA) is 49.3 Å². The minimum Gasteiger partial charge on any atom is -0.480 e. The van der Waals surface area contributed by atoms with Crippen molar-refractivity contribution in [3.63, 3.8) is 0 Å². The second-order valence-electron chi connectivity index (χ2n) is 3.05. The van der Waals surface area contributed by atoms with Crippen LogP contribution in [0.3, 0.4) is 0 Å². The number of hydrogen-bond acceptors (Lipinski definition) is 2. The highest BCUT2D eigenvalue weighted by Crippen LogP contribution is 2.17. The monoisotopic (exact) mass is 257 g/mol. The smallest absolute Gasteiger partial charge is 0.317 e. The van der Waals surface area contributed by atoms with Crippen molar-refractivity contribution < 1.29 is 9.90 Å². The summed E-state index contributed by atoms with van der Waals surface area (Å²) in [6.07, 6.45) is 0. The fourth-order valence-electron chi connectivity index (χ4n) is 1.13. The molecule has 1 aromatic rings. The third-order valence-corrected chi connectivity index (χ3v) is 2.40. The van der Waals surface area contributed by atoms with E-state index < -0.39 is 5.97 Å². The molecule has 3 nitrogen and oxygen atoms in total. The van der Waals surface area contributed by atoms with E-state index in [1.807, 2.05) is 31.2 Å². The molecule has 0 heterocycles. The zero-order valence-corrected chi connectivity index (χ0v) is 9.41. The van der Waals surface area contributed by atoms with Crippen LogP contribution in [0.15, 0.2) is 28.7 Å². The number of carboxylic acids is 1. The van der Waals surface area contributed by atoms with Crippen molar-refractivity contribution in [2.45, 2.75) is 13.0 Å². The minimum absolute atomic E-state index is 0.0202. The van der Waals surface area contributed by atoms with Gasteiger partial charge < -0.3 is 10.4 Å². The third kappa shape index (κ3) is 3.47. The first-order valence-electron chi connectivity index (χ1n) is 4.30. The van der Waals surface area contributed by atoms with Gasteiger partial charge in [0.15, 0.2) is 0 Å². The van der Waals surface area contributed by atoms with Crippen LogP contribution < -0.4 is 5.32 Å². The Bertz CT molecular complexity index is 328. The molecule has 0 aliphatic carbocycles. The summed E-state index contributed by atoms with van der Waals surface area (Å²) in [5.41, 5.74) is 1.07. The summed E-state index contributed by atoms with van der Waals surface area (Å²) in [6, 6.07) is 7.85. The van der Waals surface area contributed by atoms with Crippen LogP contribution in [-0.2, 0) is 4.79 Å². The van der Waals surface area contributed by atoms with Gasteiger partial charge in [-0.15, -0.1) is 0 Å². The zero-order valence-electron chi connectivity index (χ0n) is 7.83. The van der Waals surface area contributed by atoms with Crippen molar-refractivity contribution >= 4 is 21.9 Å². The van der Waals surface area contributed by atoms with Gasteiger partial charge in [0.2, 0.25) is 0 Å². The van der Waals surface area contributed by atoms with E-state index in [1.165, 1.54) is 0 Å². The molecule has 0 aliphatic rings. The quantitative estimate of drug-likeness (QED) is 0.870. The molecule has 1 aromatic carbocycles. The third-order valence-electron chi connectivity index (χ3n) is 1.91. The summed E-state index contributed by atoms with van der Waals surface area (Å²) in [4.78, 5) is 10.3. The Morgan fingerprint density at radius 1 is 1.64 bits per heavy atom. The van der Waals surface area contributed by atoms with Gasteiger partial charge in [0.1, 0.15) is 0 Å². The summed E-state index contributed by atoms with van der Waals surface area (Å²) in [5.74, 6) is -0.841. The summed E-state index contributed by atoms with van der Waals surface area (Å²) in [6.45, 7) is 1.92. The number of nitrogens with one attached hydrogen (secondary N) is 1. The van der Waals surface area contributed by atoms with Crippen LogP contribution in [0.4, 0.5) is 0 Å². The molecular weight excluding hydrogens is 246 g/mol. The number of benzene rings is 1. The number of halogens is 1. The zero-order chi connectivity index (χ0) is 10.6. The Hall–Kier alpha value is -0.870. The predicted octanol–water partition coefficient (Wildman–Crippen LogP) is 2.18. The van der Waals surface area contributed by atoms with Gasteiger partial charge in [-0.2, -0.15) is 0 Å². The first-order chi connectivity index (χ1) is 6.59. The van der Waals surface area contributed by atoms with E-state index in [-0.39, 0.29) is 12.6 Å². The van der Waals surface area contributed by atoms with Gasteiger partial charge in [-0.1, -0.05) is 28.1 Å². The molecule has 2 N–H and O–H groups in total. The highest BCUT2D eigenvalue weighted by Gasteiger charge is 2.06. The summed E-state index contributed by atoms with van der Waals surface area (Å²) < 4.78 is 0.999. The van der Waals surface area contributed by atoms with Crippen LogP contribution in [-0.4, -0.2) is 17.6 Å². The number of carbonyl (C=O) groups is 1. The summed E-state index contributed by atoms with van der Waals surface area (Å²) in [7, 11) is 0. The number of rotatable bonds is 4. The van der Waals surface area contributed by atoms with E-state index in [0.29, 0.717) is 0 Å². The fourth-order valence-corrected chi connectivity index (χ4v) is 1.55. The lowest BCUT2D eigenvalue weighted by molar-refractivity contribution is -0.136. The first-order valence-corrected chi connectivity index (χ1v) is 5.09. The number of hydrogen-bond donors (Lipinski definition) is 2. The second-order valence-corrected chi connectivity index (χ2v) is 3.97. The first kappa shape index (κ1) is 11.2. The van der Waals surface area contributed by atoms with Gasteiger partial charge >= 0.3 is 5.97 Å². The molecule has 0 fully saturated rings. The Morgan fingerprint density at radius 3 is 2.93 bits per heavy atom. The maximum atomic E-state index is 10.3.